The number of piperazine rings is 1. The number of benzene rings is 1. The lowest BCUT2D eigenvalue weighted by molar-refractivity contribution is 0.628. The van der Waals surface area contributed by atoms with Gasteiger partial charge in [-0.05, 0) is 36.4 Å². The van der Waals surface area contributed by atoms with E-state index in [1.54, 1.807) is 6.20 Å². The van der Waals surface area contributed by atoms with Gasteiger partial charge in [0, 0.05) is 56.1 Å². The average molecular weight is 423 g/mol. The Bertz CT molecular complexity index is 1080. The van der Waals surface area contributed by atoms with Crippen LogP contribution in [0.25, 0.3) is 0 Å². The number of hydrogen-bond donors (Lipinski definition) is 1. The minimum absolute atomic E-state index is 0.0456. The zero-order chi connectivity index (χ0) is 20.5. The molecule has 0 saturated carbocycles. The quantitative estimate of drug-likeness (QED) is 0.700. The molecule has 0 spiro atoms. The molecule has 2 aliphatic rings. The second kappa shape index (κ2) is 7.99. The van der Waals surface area contributed by atoms with Crippen molar-refractivity contribution in [1.82, 2.24) is 15.0 Å². The van der Waals surface area contributed by atoms with Gasteiger partial charge in [0.1, 0.15) is 5.82 Å². The molecule has 1 aromatic carbocycles. The average Bonchev–Trinajstić information content (AvgIpc) is 2.80. The Labute approximate surface area is 179 Å². The molecule has 0 aliphatic carbocycles. The minimum atomic E-state index is -0.0456. The summed E-state index contributed by atoms with van der Waals surface area (Å²) in [4.78, 5) is 31.7. The molecule has 1 saturated heterocycles. The summed E-state index contributed by atoms with van der Waals surface area (Å²) in [5.41, 5.74) is 2.77. The standard InChI is InChI=1S/C22H23ClN6O/c23-16-4-6-17(7-5-16)27-11-13-28(14-12-27)22-25-19-8-10-29(15-18(19)21(30)26-22)20-3-1-2-9-24-20/h1-7,9H,8,10-15H2,(H,25,26,30). The van der Waals surface area contributed by atoms with Crippen molar-refractivity contribution in [2.45, 2.75) is 13.0 Å². The second-order valence-corrected chi connectivity index (χ2v) is 8.06. The monoisotopic (exact) mass is 422 g/mol. The van der Waals surface area contributed by atoms with Gasteiger partial charge >= 0.3 is 0 Å². The van der Waals surface area contributed by atoms with E-state index in [4.69, 9.17) is 16.6 Å². The maximum Gasteiger partial charge on any atom is 0.257 e. The van der Waals surface area contributed by atoms with Crippen LogP contribution in [0.2, 0.25) is 5.02 Å². The number of aromatic amines is 1. The molecule has 1 N–H and O–H groups in total. The summed E-state index contributed by atoms with van der Waals surface area (Å²) in [6.07, 6.45) is 2.52. The highest BCUT2D eigenvalue weighted by Crippen LogP contribution is 2.23. The van der Waals surface area contributed by atoms with Crippen molar-refractivity contribution in [3.05, 3.63) is 75.3 Å². The van der Waals surface area contributed by atoms with Crippen molar-refractivity contribution in [3.8, 4) is 0 Å². The molecule has 0 amide bonds. The Morgan fingerprint density at radius 3 is 2.40 bits per heavy atom. The number of rotatable bonds is 3. The minimum Gasteiger partial charge on any atom is -0.368 e. The van der Waals surface area contributed by atoms with E-state index in [2.05, 4.69) is 24.7 Å². The van der Waals surface area contributed by atoms with Gasteiger partial charge in [0.15, 0.2) is 0 Å². The van der Waals surface area contributed by atoms with E-state index in [9.17, 15) is 4.79 Å². The van der Waals surface area contributed by atoms with Gasteiger partial charge in [-0.15, -0.1) is 0 Å². The Balaban J connectivity index is 1.30. The molecule has 0 bridgehead atoms. The third-order valence-corrected chi connectivity index (χ3v) is 6.05. The van der Waals surface area contributed by atoms with Crippen LogP contribution in [0.5, 0.6) is 0 Å². The molecule has 0 radical (unpaired) electrons. The van der Waals surface area contributed by atoms with E-state index in [-0.39, 0.29) is 5.56 Å². The molecule has 5 rings (SSSR count). The molecule has 0 unspecified atom stereocenters. The van der Waals surface area contributed by atoms with E-state index in [1.807, 2.05) is 42.5 Å². The molecule has 30 heavy (non-hydrogen) atoms. The first-order chi connectivity index (χ1) is 14.7. The number of pyridine rings is 1. The number of halogens is 1. The van der Waals surface area contributed by atoms with Crippen LogP contribution in [-0.2, 0) is 13.0 Å². The molecule has 8 heteroatoms. The van der Waals surface area contributed by atoms with Crippen LogP contribution in [0.3, 0.4) is 0 Å². The number of nitrogens with one attached hydrogen (secondary N) is 1. The van der Waals surface area contributed by atoms with Gasteiger partial charge < -0.3 is 14.7 Å². The fourth-order valence-corrected chi connectivity index (χ4v) is 4.25. The van der Waals surface area contributed by atoms with Gasteiger partial charge in [0.2, 0.25) is 5.95 Å². The molecule has 3 aromatic rings. The molecule has 2 aliphatic heterocycles. The lowest BCUT2D eigenvalue weighted by Crippen LogP contribution is -2.48. The largest absolute Gasteiger partial charge is 0.368 e. The summed E-state index contributed by atoms with van der Waals surface area (Å²) in [5.74, 6) is 1.57. The van der Waals surface area contributed by atoms with E-state index >= 15 is 0 Å². The highest BCUT2D eigenvalue weighted by atomic mass is 35.5. The van der Waals surface area contributed by atoms with Crippen molar-refractivity contribution < 1.29 is 0 Å². The van der Waals surface area contributed by atoms with E-state index in [0.29, 0.717) is 12.5 Å². The molecule has 154 valence electrons. The summed E-state index contributed by atoms with van der Waals surface area (Å²) in [7, 11) is 0. The summed E-state index contributed by atoms with van der Waals surface area (Å²) in [5, 5.41) is 0.745. The van der Waals surface area contributed by atoms with Gasteiger partial charge in [-0.1, -0.05) is 17.7 Å². The molecule has 7 nitrogen and oxygen atoms in total. The Kier molecular flexibility index (Phi) is 5.04. The number of H-pyrrole nitrogens is 1. The fraction of sp³-hybridized carbons (Fsp3) is 0.318. The van der Waals surface area contributed by atoms with Crippen molar-refractivity contribution in [3.63, 3.8) is 0 Å². The zero-order valence-corrected chi connectivity index (χ0v) is 17.3. The van der Waals surface area contributed by atoms with E-state index < -0.39 is 0 Å². The number of hydrogen-bond acceptors (Lipinski definition) is 6. The third kappa shape index (κ3) is 3.73. The molecule has 1 fully saturated rings. The topological polar surface area (TPSA) is 68.4 Å². The first-order valence-corrected chi connectivity index (χ1v) is 10.6. The summed E-state index contributed by atoms with van der Waals surface area (Å²) < 4.78 is 0. The van der Waals surface area contributed by atoms with Crippen LogP contribution in [0.1, 0.15) is 11.3 Å². The third-order valence-electron chi connectivity index (χ3n) is 5.80. The van der Waals surface area contributed by atoms with Gasteiger partial charge in [-0.2, -0.15) is 0 Å². The lowest BCUT2D eigenvalue weighted by Gasteiger charge is -2.37. The number of aromatic nitrogens is 3. The first-order valence-electron chi connectivity index (χ1n) is 10.2. The Morgan fingerprint density at radius 2 is 1.67 bits per heavy atom. The summed E-state index contributed by atoms with van der Waals surface area (Å²) in [6, 6.07) is 13.8. The van der Waals surface area contributed by atoms with Gasteiger partial charge in [0.25, 0.3) is 5.56 Å². The molecule has 0 atom stereocenters. The van der Waals surface area contributed by atoms with Crippen LogP contribution in [0.4, 0.5) is 17.5 Å². The predicted octanol–water partition coefficient (Wildman–Crippen LogP) is 2.71. The number of nitrogens with zero attached hydrogens (tertiary/aromatic N) is 5. The maximum absolute atomic E-state index is 12.8. The highest BCUT2D eigenvalue weighted by Gasteiger charge is 2.25. The molecule has 4 heterocycles. The van der Waals surface area contributed by atoms with Crippen molar-refractivity contribution in [1.29, 1.82) is 0 Å². The van der Waals surface area contributed by atoms with Crippen molar-refractivity contribution in [2.75, 3.05) is 47.4 Å². The molecular formula is C22H23ClN6O. The Morgan fingerprint density at radius 1 is 0.900 bits per heavy atom. The first kappa shape index (κ1) is 18.9. The lowest BCUT2D eigenvalue weighted by atomic mass is 10.1. The van der Waals surface area contributed by atoms with Crippen LogP contribution >= 0.6 is 11.6 Å². The Hall–Kier alpha value is -3.06. The van der Waals surface area contributed by atoms with Crippen LogP contribution in [0.15, 0.2) is 53.5 Å². The van der Waals surface area contributed by atoms with Crippen molar-refractivity contribution in [2.24, 2.45) is 0 Å². The summed E-state index contributed by atoms with van der Waals surface area (Å²) in [6.45, 7) is 4.71. The maximum atomic E-state index is 12.8. The second-order valence-electron chi connectivity index (χ2n) is 7.62. The number of fused-ring (bicyclic) bond motifs is 1. The van der Waals surface area contributed by atoms with E-state index in [0.717, 1.165) is 61.2 Å². The fourth-order valence-electron chi connectivity index (χ4n) is 4.13. The number of anilines is 3. The zero-order valence-electron chi connectivity index (χ0n) is 16.6. The highest BCUT2D eigenvalue weighted by molar-refractivity contribution is 6.30. The van der Waals surface area contributed by atoms with E-state index in [1.165, 1.54) is 5.69 Å². The summed E-state index contributed by atoms with van der Waals surface area (Å²) >= 11 is 6.00. The van der Waals surface area contributed by atoms with Crippen LogP contribution in [-0.4, -0.2) is 47.7 Å². The van der Waals surface area contributed by atoms with Gasteiger partial charge in [-0.3, -0.25) is 9.78 Å². The SMILES string of the molecule is O=c1[nH]c(N2CCN(c3ccc(Cl)cc3)CC2)nc2c1CN(c1ccccn1)CC2. The smallest absolute Gasteiger partial charge is 0.257 e. The van der Waals surface area contributed by atoms with Gasteiger partial charge in [0.05, 0.1) is 17.8 Å². The van der Waals surface area contributed by atoms with Gasteiger partial charge in [-0.25, -0.2) is 9.97 Å². The predicted molar refractivity (Wildman–Crippen MR) is 120 cm³/mol. The van der Waals surface area contributed by atoms with Crippen molar-refractivity contribution >= 4 is 29.1 Å². The molecule has 2 aromatic heterocycles. The van der Waals surface area contributed by atoms with Crippen LogP contribution in [0, 0.1) is 0 Å². The van der Waals surface area contributed by atoms with Crippen LogP contribution < -0.4 is 20.3 Å². The normalized spacial score (nSPS) is 16.5. The molecular weight excluding hydrogens is 400 g/mol.